The number of piperidine rings is 1. The molecule has 2 saturated heterocycles. The topological polar surface area (TPSA) is 32.8 Å². The zero-order chi connectivity index (χ0) is 18.8. The van der Waals surface area contributed by atoms with Crippen molar-refractivity contribution in [1.82, 2.24) is 4.90 Å². The van der Waals surface area contributed by atoms with E-state index in [9.17, 15) is 9.18 Å². The van der Waals surface area contributed by atoms with Crippen molar-refractivity contribution in [2.24, 2.45) is 5.92 Å². The van der Waals surface area contributed by atoms with Crippen molar-refractivity contribution in [1.29, 1.82) is 0 Å². The smallest absolute Gasteiger partial charge is 0.252 e. The van der Waals surface area contributed by atoms with Crippen molar-refractivity contribution in [3.63, 3.8) is 0 Å². The number of carbonyl (C=O) groups excluding carboxylic acids is 1. The number of rotatable bonds is 3. The lowest BCUT2D eigenvalue weighted by atomic mass is 9.93. The molecule has 27 heavy (non-hydrogen) atoms. The first kappa shape index (κ1) is 18.4. The van der Waals surface area contributed by atoms with Gasteiger partial charge in [0.05, 0.1) is 6.10 Å². The Morgan fingerprint density at radius 3 is 2.74 bits per heavy atom. The minimum atomic E-state index is -0.323. The van der Waals surface area contributed by atoms with Crippen molar-refractivity contribution in [3.05, 3.63) is 64.9 Å². The lowest BCUT2D eigenvalue weighted by Gasteiger charge is -2.38. The van der Waals surface area contributed by atoms with Gasteiger partial charge in [0.25, 0.3) is 5.91 Å². The molecule has 0 aromatic heterocycles. The summed E-state index contributed by atoms with van der Waals surface area (Å²) in [7, 11) is 0. The molecular formula is C21H22ClFN2O2. The Morgan fingerprint density at radius 1 is 1.15 bits per heavy atom. The largest absolute Gasteiger partial charge is 0.368 e. The van der Waals surface area contributed by atoms with E-state index < -0.39 is 0 Å². The third-order valence-corrected chi connectivity index (χ3v) is 5.72. The molecule has 0 N–H and O–H groups in total. The van der Waals surface area contributed by atoms with Crippen LogP contribution in [0.2, 0.25) is 5.02 Å². The summed E-state index contributed by atoms with van der Waals surface area (Å²) >= 11 is 6.19. The zero-order valence-corrected chi connectivity index (χ0v) is 15.7. The summed E-state index contributed by atoms with van der Waals surface area (Å²) in [5.41, 5.74) is 1.83. The summed E-state index contributed by atoms with van der Waals surface area (Å²) in [5.74, 6) is -0.0926. The normalized spacial score (nSPS) is 23.8. The molecule has 2 heterocycles. The Labute approximate surface area is 163 Å². The number of carbonyl (C=O) groups is 1. The van der Waals surface area contributed by atoms with Crippen LogP contribution in [-0.4, -0.2) is 43.2 Å². The van der Waals surface area contributed by atoms with Crippen molar-refractivity contribution in [3.8, 4) is 0 Å². The molecule has 6 heteroatoms. The molecule has 0 saturated carbocycles. The highest BCUT2D eigenvalue weighted by atomic mass is 35.5. The molecule has 2 aliphatic heterocycles. The van der Waals surface area contributed by atoms with E-state index in [1.54, 1.807) is 6.07 Å². The molecule has 0 bridgehead atoms. The highest BCUT2D eigenvalue weighted by Crippen LogP contribution is 2.29. The van der Waals surface area contributed by atoms with Crippen LogP contribution in [-0.2, 0) is 16.1 Å². The van der Waals surface area contributed by atoms with Gasteiger partial charge < -0.3 is 9.64 Å². The third kappa shape index (κ3) is 4.15. The van der Waals surface area contributed by atoms with Gasteiger partial charge in [-0.1, -0.05) is 35.9 Å². The third-order valence-electron chi connectivity index (χ3n) is 5.36. The average Bonchev–Trinajstić information content (AvgIpc) is 2.84. The lowest BCUT2D eigenvalue weighted by Crippen LogP contribution is -2.47. The number of benzene rings is 2. The van der Waals surface area contributed by atoms with Crippen LogP contribution in [0, 0.1) is 11.7 Å². The maximum absolute atomic E-state index is 13.3. The molecule has 2 aliphatic rings. The van der Waals surface area contributed by atoms with Gasteiger partial charge in [-0.15, -0.1) is 0 Å². The minimum absolute atomic E-state index is 0.00345. The summed E-state index contributed by atoms with van der Waals surface area (Å²) in [6.45, 7) is 3.12. The molecule has 2 atom stereocenters. The fourth-order valence-electron chi connectivity index (χ4n) is 3.97. The van der Waals surface area contributed by atoms with Crippen LogP contribution in [0.15, 0.2) is 48.5 Å². The second kappa shape index (κ2) is 7.97. The number of anilines is 1. The van der Waals surface area contributed by atoms with Gasteiger partial charge in [0.2, 0.25) is 0 Å². The van der Waals surface area contributed by atoms with Crippen LogP contribution in [0.4, 0.5) is 10.1 Å². The monoisotopic (exact) mass is 388 g/mol. The van der Waals surface area contributed by atoms with E-state index in [-0.39, 0.29) is 30.4 Å². The number of nitrogens with zero attached hydrogens (tertiary/aromatic N) is 2. The van der Waals surface area contributed by atoms with Gasteiger partial charge in [0.1, 0.15) is 12.4 Å². The molecule has 0 radical (unpaired) electrons. The van der Waals surface area contributed by atoms with Crippen molar-refractivity contribution in [2.75, 3.05) is 31.1 Å². The van der Waals surface area contributed by atoms with Gasteiger partial charge >= 0.3 is 0 Å². The number of likely N-dealkylation sites (tertiary alicyclic amines) is 1. The highest BCUT2D eigenvalue weighted by molar-refractivity contribution is 6.31. The molecular weight excluding hydrogens is 367 g/mol. The fraction of sp³-hybridized carbons (Fsp3) is 0.381. The maximum Gasteiger partial charge on any atom is 0.252 e. The Bertz CT molecular complexity index is 817. The van der Waals surface area contributed by atoms with Gasteiger partial charge in [-0.25, -0.2) is 4.39 Å². The summed E-state index contributed by atoms with van der Waals surface area (Å²) in [5, 5.41) is 0.454. The van der Waals surface area contributed by atoms with Gasteiger partial charge in [-0.2, -0.15) is 0 Å². The Kier molecular flexibility index (Phi) is 5.43. The molecule has 4 nitrogen and oxygen atoms in total. The summed E-state index contributed by atoms with van der Waals surface area (Å²) in [6, 6.07) is 14.3. The molecule has 2 aromatic rings. The van der Waals surface area contributed by atoms with E-state index in [1.807, 2.05) is 35.2 Å². The molecule has 2 aromatic carbocycles. The second-order valence-electron chi connectivity index (χ2n) is 7.21. The number of hydrogen-bond acceptors (Lipinski definition) is 3. The number of hydrogen-bond donors (Lipinski definition) is 0. The predicted octanol–water partition coefficient (Wildman–Crippen LogP) is 3.73. The first-order chi connectivity index (χ1) is 13.1. The fourth-order valence-corrected chi connectivity index (χ4v) is 4.19. The SMILES string of the molecule is O=C1CO[C@H]2CCN(Cc3ccc(F)cc3Cl)C[C@@H]2CN1c1ccccc1. The number of halogens is 2. The van der Waals surface area contributed by atoms with Gasteiger partial charge in [0.15, 0.2) is 0 Å². The first-order valence-corrected chi connectivity index (χ1v) is 9.61. The van der Waals surface area contributed by atoms with E-state index >= 15 is 0 Å². The Balaban J connectivity index is 1.48. The number of ether oxygens (including phenoxy) is 1. The standard InChI is InChI=1S/C21H22ClFN2O2/c22-19-10-17(23)7-6-15(19)11-24-9-8-20-16(12-24)13-25(21(26)14-27-20)18-4-2-1-3-5-18/h1-7,10,16,20H,8-9,11-14H2/t16-,20+/m1/s1. The number of para-hydroxylation sites is 1. The van der Waals surface area contributed by atoms with Crippen LogP contribution in [0.3, 0.4) is 0 Å². The summed E-state index contributed by atoms with van der Waals surface area (Å²) in [6.07, 6.45) is 0.960. The minimum Gasteiger partial charge on any atom is -0.368 e. The quantitative estimate of drug-likeness (QED) is 0.803. The maximum atomic E-state index is 13.3. The van der Waals surface area contributed by atoms with Crippen molar-refractivity contribution >= 4 is 23.2 Å². The number of fused-ring (bicyclic) bond motifs is 1. The predicted molar refractivity (Wildman–Crippen MR) is 103 cm³/mol. The van der Waals surface area contributed by atoms with Gasteiger partial charge in [0, 0.05) is 42.8 Å². The van der Waals surface area contributed by atoms with Crippen molar-refractivity contribution < 1.29 is 13.9 Å². The highest BCUT2D eigenvalue weighted by Gasteiger charge is 2.36. The van der Waals surface area contributed by atoms with Crippen LogP contribution < -0.4 is 4.90 Å². The summed E-state index contributed by atoms with van der Waals surface area (Å²) < 4.78 is 19.2. The molecule has 0 unspecified atom stereocenters. The van der Waals surface area contributed by atoms with E-state index in [1.165, 1.54) is 12.1 Å². The molecule has 0 aliphatic carbocycles. The zero-order valence-electron chi connectivity index (χ0n) is 15.0. The Morgan fingerprint density at radius 2 is 1.96 bits per heavy atom. The first-order valence-electron chi connectivity index (χ1n) is 9.23. The second-order valence-corrected chi connectivity index (χ2v) is 7.62. The molecule has 1 amide bonds. The average molecular weight is 389 g/mol. The van der Waals surface area contributed by atoms with E-state index in [0.29, 0.717) is 18.1 Å². The van der Waals surface area contributed by atoms with Gasteiger partial charge in [-0.05, 0) is 36.2 Å². The van der Waals surface area contributed by atoms with Crippen LogP contribution in [0.25, 0.3) is 0 Å². The van der Waals surface area contributed by atoms with Gasteiger partial charge in [-0.3, -0.25) is 9.69 Å². The van der Waals surface area contributed by atoms with E-state index in [4.69, 9.17) is 16.3 Å². The van der Waals surface area contributed by atoms with E-state index in [2.05, 4.69) is 4.90 Å². The van der Waals surface area contributed by atoms with E-state index in [0.717, 1.165) is 30.8 Å². The van der Waals surface area contributed by atoms with Crippen molar-refractivity contribution in [2.45, 2.75) is 19.1 Å². The Hall–Kier alpha value is -1.95. The number of amides is 1. The van der Waals surface area contributed by atoms with Crippen LogP contribution >= 0.6 is 11.6 Å². The molecule has 142 valence electrons. The van der Waals surface area contributed by atoms with Crippen LogP contribution in [0.5, 0.6) is 0 Å². The summed E-state index contributed by atoms with van der Waals surface area (Å²) in [4.78, 5) is 16.7. The molecule has 4 rings (SSSR count). The van der Waals surface area contributed by atoms with Crippen LogP contribution in [0.1, 0.15) is 12.0 Å². The molecule has 0 spiro atoms. The molecule has 2 fully saturated rings. The lowest BCUT2D eigenvalue weighted by molar-refractivity contribution is -0.124.